The highest BCUT2D eigenvalue weighted by molar-refractivity contribution is 8.09. The third-order valence-corrected chi connectivity index (χ3v) is 25.5. The molecule has 0 amide bonds. The summed E-state index contributed by atoms with van der Waals surface area (Å²) in [6.45, 7) is 3.15. The fraction of sp³-hybridized carbons (Fsp3) is 0.467. The Morgan fingerprint density at radius 3 is 0.900 bits per heavy atom. The van der Waals surface area contributed by atoms with E-state index in [1.165, 1.54) is 96.1 Å². The summed E-state index contributed by atoms with van der Waals surface area (Å²) in [6, 6.07) is 19.7. The third kappa shape index (κ3) is 19.5. The van der Waals surface area contributed by atoms with Crippen LogP contribution in [0.15, 0.2) is 72.8 Å². The van der Waals surface area contributed by atoms with E-state index in [0.29, 0.717) is 72.5 Å². The number of hydrogen-bond donors (Lipinski definition) is 5. The Hall–Kier alpha value is -5.12. The van der Waals surface area contributed by atoms with Gasteiger partial charge in [0.25, 0.3) is 0 Å². The molecule has 7 saturated heterocycles. The number of aliphatic hydroxyl groups is 4. The number of thioether (sulfide) groups is 8. The summed E-state index contributed by atoms with van der Waals surface area (Å²) in [7, 11) is 5.24. The van der Waals surface area contributed by atoms with Gasteiger partial charge in [-0.2, -0.15) is 0 Å². The molecule has 7 heterocycles. The number of rotatable bonds is 17. The Morgan fingerprint density at radius 2 is 0.644 bits per heavy atom. The molecule has 30 heteroatoms. The first kappa shape index (κ1) is 72.3. The number of nitrogens with zero attached hydrogens (tertiary/aromatic N) is 3. The van der Waals surface area contributed by atoms with E-state index in [0.717, 1.165) is 51.6 Å². The van der Waals surface area contributed by atoms with E-state index in [1.807, 2.05) is 82.7 Å². The molecule has 0 aliphatic carbocycles. The minimum Gasteiger partial charge on any atom is -0.465 e. The molecule has 4 aromatic rings. The van der Waals surface area contributed by atoms with E-state index in [2.05, 4.69) is 19.4 Å². The standard InChI is InChI=1S/C29H30N2O8S4.C14H15NO3S2.C10H11NO3.C4H8O2S2.C3H8O2/c1-36-26(32)16-6-18(10-20(8-16)30-22-12-40-23(30)13-41-22)28(34)38-4-3-5-39-29(35)19-7-17(27(33)37-2)9-21(11-19)31-24-14-42-25(31)15-43-24;1-8(16)9-3-10(14(17)18-2)5-11(4-9)15-12-6-19-13(15)7-20-12;1-6(12)7-3-8(10(13)14-2)5-9(11)4-7;5-3-1-7-4(6)2-8-3;4-2-1-3-5/h6-11,22-25H,3-5,12-15H2,1-2H3;3-5,12-13H,6-7H2,1-2H3;3-5H,11H2,1-2H3;3-6H,1-2H2;4-5H,1-3H2. The normalized spacial score (nSPS) is 22.0. The number of esters is 6. The van der Waals surface area contributed by atoms with E-state index in [4.69, 9.17) is 49.8 Å². The Morgan fingerprint density at radius 1 is 0.389 bits per heavy atom. The fourth-order valence-electron chi connectivity index (χ4n) is 9.59. The van der Waals surface area contributed by atoms with Crippen molar-refractivity contribution in [1.29, 1.82) is 0 Å². The number of fused-ring (bicyclic) bond motifs is 6. The van der Waals surface area contributed by atoms with E-state index >= 15 is 0 Å². The van der Waals surface area contributed by atoms with Gasteiger partial charge in [-0.05, 0) is 93.1 Å². The lowest BCUT2D eigenvalue weighted by Crippen LogP contribution is -2.29. The first-order chi connectivity index (χ1) is 43.2. The van der Waals surface area contributed by atoms with Crippen LogP contribution in [0.4, 0.5) is 22.7 Å². The second-order valence-corrected chi connectivity index (χ2v) is 29.9. The second kappa shape index (κ2) is 35.2. The van der Waals surface area contributed by atoms with Crippen molar-refractivity contribution >= 4 is 164 Å². The number of nitrogens with two attached hydrogens (primary N) is 1. The monoisotopic (exact) mass is 1390 g/mol. The summed E-state index contributed by atoms with van der Waals surface area (Å²) in [5, 5.41) is 35.6. The average molecular weight is 1390 g/mol. The number of hydrogen-bond acceptors (Lipinski definition) is 30. The number of carbonyl (C=O) groups is 8. The predicted octanol–water partition coefficient (Wildman–Crippen LogP) is 7.92. The highest BCUT2D eigenvalue weighted by atomic mass is 32.2. The average Bonchev–Trinajstić information content (AvgIpc) is 1.94. The number of Topliss-reactive ketones (excluding diaryl/α,β-unsaturated/α-hetero) is 2. The summed E-state index contributed by atoms with van der Waals surface area (Å²) in [5.41, 5.74) is 10.7. The van der Waals surface area contributed by atoms with Crippen LogP contribution < -0.4 is 20.4 Å². The number of ether oxygens (including phenoxy) is 6. The van der Waals surface area contributed by atoms with Gasteiger partial charge in [0.05, 0.1) is 107 Å². The van der Waals surface area contributed by atoms with Crippen molar-refractivity contribution in [3.05, 3.63) is 117 Å². The number of nitrogen functional groups attached to an aromatic ring is 1. The van der Waals surface area contributed by atoms with Crippen LogP contribution in [-0.4, -0.2) is 212 Å². The van der Waals surface area contributed by atoms with E-state index in [-0.39, 0.29) is 83.1 Å². The van der Waals surface area contributed by atoms with Gasteiger partial charge in [0.2, 0.25) is 0 Å². The van der Waals surface area contributed by atoms with E-state index in [1.54, 1.807) is 30.3 Å². The smallest absolute Gasteiger partial charge is 0.338 e. The lowest BCUT2D eigenvalue weighted by molar-refractivity contribution is 0.0393. The second-order valence-electron chi connectivity index (χ2n) is 20.2. The maximum atomic E-state index is 13.0. The molecule has 8 unspecified atom stereocenters. The Bertz CT molecular complexity index is 3040. The van der Waals surface area contributed by atoms with Crippen molar-refractivity contribution in [2.45, 2.75) is 69.8 Å². The summed E-state index contributed by atoms with van der Waals surface area (Å²) in [6.07, 6.45) is 0.775. The lowest BCUT2D eigenvalue weighted by Gasteiger charge is -2.23. The van der Waals surface area contributed by atoms with Crippen LogP contribution in [0.5, 0.6) is 0 Å². The molecule has 0 aromatic heterocycles. The highest BCUT2D eigenvalue weighted by Gasteiger charge is 2.44. The molecule has 6 bridgehead atoms. The molecule has 0 saturated carbocycles. The third-order valence-electron chi connectivity index (χ3n) is 14.0. The number of aliphatic hydroxyl groups excluding tert-OH is 4. The summed E-state index contributed by atoms with van der Waals surface area (Å²) in [5.74, 6) is 4.18. The fourth-order valence-corrected chi connectivity index (χ4v) is 21.4. The number of anilines is 4. The van der Waals surface area contributed by atoms with Gasteiger partial charge in [0.1, 0.15) is 10.9 Å². The largest absolute Gasteiger partial charge is 0.465 e. The van der Waals surface area contributed by atoms with Crippen molar-refractivity contribution < 1.29 is 87.2 Å². The van der Waals surface area contributed by atoms with Crippen molar-refractivity contribution in [2.75, 3.05) is 121 Å². The molecule has 7 aliphatic rings. The lowest BCUT2D eigenvalue weighted by atomic mass is 10.1. The summed E-state index contributed by atoms with van der Waals surface area (Å²) in [4.78, 5) is 103. The first-order valence-corrected chi connectivity index (χ1v) is 36.5. The van der Waals surface area contributed by atoms with Gasteiger partial charge < -0.3 is 69.3 Å². The van der Waals surface area contributed by atoms with Crippen LogP contribution in [0.2, 0.25) is 0 Å². The molecular weight excluding hydrogens is 1320 g/mol. The maximum absolute atomic E-state index is 13.0. The van der Waals surface area contributed by atoms with Crippen LogP contribution in [0.25, 0.3) is 0 Å². The molecule has 7 aliphatic heterocycles. The number of methoxy groups -OCH3 is 4. The van der Waals surface area contributed by atoms with Gasteiger partial charge in [-0.15, -0.1) is 94.1 Å². The minimum absolute atomic E-state index is 0.0175. The molecule has 90 heavy (non-hydrogen) atoms. The van der Waals surface area contributed by atoms with Gasteiger partial charge in [-0.3, -0.25) is 9.59 Å². The quantitative estimate of drug-likeness (QED) is 0.0220. The van der Waals surface area contributed by atoms with Crippen molar-refractivity contribution in [3.63, 3.8) is 0 Å². The SMILES string of the molecule is COC(=O)c1cc(C(=O)OCCCOC(=O)c2cc(C(=O)OC)cc(N3C4CSC3CS4)c2)cc(N2C3CSC2CS3)c1.COC(=O)c1cc(C(C)=O)cc(N2C3CSC2CS3)c1.COC(=O)c1cc(N)cc(C(C)=O)c1.OC1CSC(O)CS1.OCCCO. The zero-order valence-corrected chi connectivity index (χ0v) is 56.7. The van der Waals surface area contributed by atoms with E-state index in [9.17, 15) is 38.4 Å². The molecule has 8 atom stereocenters. The summed E-state index contributed by atoms with van der Waals surface area (Å²) < 4.78 is 30.1. The van der Waals surface area contributed by atoms with Gasteiger partial charge in [-0.1, -0.05) is 0 Å². The molecular formula is C60H72N4O18S8. The first-order valence-electron chi connectivity index (χ1n) is 28.1. The highest BCUT2D eigenvalue weighted by Crippen LogP contribution is 2.49. The van der Waals surface area contributed by atoms with Gasteiger partial charge >= 0.3 is 35.8 Å². The maximum Gasteiger partial charge on any atom is 0.338 e. The van der Waals surface area contributed by atoms with Crippen LogP contribution in [0.1, 0.15) is 110 Å². The van der Waals surface area contributed by atoms with Crippen molar-refractivity contribution in [3.8, 4) is 0 Å². The Labute approximate surface area is 555 Å². The molecule has 488 valence electrons. The van der Waals surface area contributed by atoms with Crippen molar-refractivity contribution in [2.24, 2.45) is 0 Å². The number of benzene rings is 4. The molecule has 0 radical (unpaired) electrons. The van der Waals surface area contributed by atoms with E-state index < -0.39 is 35.8 Å². The minimum atomic E-state index is -0.573. The van der Waals surface area contributed by atoms with Crippen LogP contribution in [-0.2, 0) is 28.4 Å². The van der Waals surface area contributed by atoms with Gasteiger partial charge in [0.15, 0.2) is 11.6 Å². The number of carbonyl (C=O) groups excluding carboxylic acids is 8. The van der Waals surface area contributed by atoms with Crippen LogP contribution in [0, 0.1) is 0 Å². The molecule has 22 nitrogen and oxygen atoms in total. The molecule has 6 N–H and O–H groups in total. The zero-order valence-electron chi connectivity index (χ0n) is 50.1. The van der Waals surface area contributed by atoms with Crippen LogP contribution in [0.3, 0.4) is 0 Å². The molecule has 0 spiro atoms. The summed E-state index contributed by atoms with van der Waals surface area (Å²) >= 11 is 14.2. The molecule has 11 rings (SSSR count). The predicted molar refractivity (Wildman–Crippen MR) is 361 cm³/mol. The van der Waals surface area contributed by atoms with Crippen LogP contribution >= 0.6 is 94.1 Å². The zero-order chi connectivity index (χ0) is 65.2. The Balaban J connectivity index is 0.000000200. The molecule has 7 fully saturated rings. The number of ketones is 2. The van der Waals surface area contributed by atoms with Crippen molar-refractivity contribution in [1.82, 2.24) is 0 Å². The Kier molecular flexibility index (Phi) is 28.3. The topological polar surface area (TPSA) is 309 Å². The van der Waals surface area contributed by atoms with Gasteiger partial charge in [-0.25, -0.2) is 28.8 Å². The molecule has 4 aromatic carbocycles. The van der Waals surface area contributed by atoms with Gasteiger partial charge in [0, 0.05) is 99.5 Å².